The van der Waals surface area contributed by atoms with Crippen molar-refractivity contribution in [1.82, 2.24) is 4.40 Å². The average Bonchev–Trinajstić information content (AvgIpc) is 3.03. The van der Waals surface area contributed by atoms with E-state index in [0.717, 1.165) is 17.7 Å². The molecule has 0 aromatic carbocycles. The van der Waals surface area contributed by atoms with Gasteiger partial charge >= 0.3 is 5.97 Å². The number of ether oxygens (including phenoxy) is 1. The van der Waals surface area contributed by atoms with Crippen LogP contribution in [0.1, 0.15) is 73.5 Å². The van der Waals surface area contributed by atoms with Crippen LogP contribution in [0.15, 0.2) is 18.3 Å². The molecule has 2 heterocycles. The van der Waals surface area contributed by atoms with Crippen LogP contribution < -0.4 is 10.5 Å². The Balaban J connectivity index is 1.98. The fourth-order valence-electron chi connectivity index (χ4n) is 4.50. The normalized spacial score (nSPS) is 14.7. The molecular weight excluding hydrogens is 384 g/mol. The van der Waals surface area contributed by atoms with E-state index in [1.54, 1.807) is 6.07 Å². The van der Waals surface area contributed by atoms with Crippen molar-refractivity contribution in [2.75, 3.05) is 6.61 Å². The largest absolute Gasteiger partial charge is 0.493 e. The molecule has 1 saturated carbocycles. The number of aromatic nitrogens is 1. The number of fused-ring (bicyclic) bond motifs is 1. The second-order valence-electron chi connectivity index (χ2n) is 8.02. The van der Waals surface area contributed by atoms with Crippen molar-refractivity contribution in [3.63, 3.8) is 0 Å². The van der Waals surface area contributed by atoms with Crippen molar-refractivity contribution in [2.24, 2.45) is 11.7 Å². The van der Waals surface area contributed by atoms with Crippen LogP contribution in [-0.4, -0.2) is 33.8 Å². The first-order valence-corrected chi connectivity index (χ1v) is 10.8. The Hall–Kier alpha value is -2.83. The van der Waals surface area contributed by atoms with Gasteiger partial charge < -0.3 is 20.0 Å². The standard InChI is InChI=1S/C23H30N2O5/c1-2-17-18(13-15-7-4-3-5-8-15)25-11-10-16(30-12-6-9-20(26)27)14-19(25)21(17)22(28)23(24)29/h10-11,14-15H,2-9,12-13H2,1H3,(H2,24,29)(H,26,27). The van der Waals surface area contributed by atoms with Gasteiger partial charge in [0.15, 0.2) is 0 Å². The van der Waals surface area contributed by atoms with E-state index in [-0.39, 0.29) is 13.0 Å². The first kappa shape index (κ1) is 21.9. The van der Waals surface area contributed by atoms with Gasteiger partial charge in [0.25, 0.3) is 11.7 Å². The molecule has 0 aliphatic heterocycles. The van der Waals surface area contributed by atoms with Crippen molar-refractivity contribution in [3.05, 3.63) is 35.2 Å². The van der Waals surface area contributed by atoms with Gasteiger partial charge in [0.1, 0.15) is 5.75 Å². The lowest BCUT2D eigenvalue weighted by Crippen LogP contribution is -2.24. The highest BCUT2D eigenvalue weighted by Gasteiger charge is 2.27. The van der Waals surface area contributed by atoms with Crippen molar-refractivity contribution in [1.29, 1.82) is 0 Å². The Bertz CT molecular complexity index is 941. The molecular formula is C23H30N2O5. The Labute approximate surface area is 176 Å². The molecule has 1 aliphatic carbocycles. The van der Waals surface area contributed by atoms with Crippen LogP contribution in [0, 0.1) is 5.92 Å². The lowest BCUT2D eigenvalue weighted by atomic mass is 9.85. The molecule has 2 aromatic rings. The molecule has 7 heteroatoms. The van der Waals surface area contributed by atoms with E-state index in [1.807, 2.05) is 23.6 Å². The van der Waals surface area contributed by atoms with Crippen LogP contribution in [0.4, 0.5) is 0 Å². The van der Waals surface area contributed by atoms with Gasteiger partial charge in [-0.05, 0) is 36.8 Å². The Kier molecular flexibility index (Phi) is 7.13. The van der Waals surface area contributed by atoms with E-state index in [4.69, 9.17) is 15.6 Å². The minimum Gasteiger partial charge on any atom is -0.493 e. The number of primary amides is 1. The van der Waals surface area contributed by atoms with Crippen molar-refractivity contribution in [3.8, 4) is 5.75 Å². The lowest BCUT2D eigenvalue weighted by Gasteiger charge is -2.22. The molecule has 0 spiro atoms. The minimum absolute atomic E-state index is 0.0320. The molecule has 2 aromatic heterocycles. The highest BCUT2D eigenvalue weighted by molar-refractivity contribution is 6.44. The maximum absolute atomic E-state index is 12.7. The number of hydrogen-bond donors (Lipinski definition) is 2. The maximum atomic E-state index is 12.7. The fraction of sp³-hybridized carbons (Fsp3) is 0.522. The highest BCUT2D eigenvalue weighted by atomic mass is 16.5. The highest BCUT2D eigenvalue weighted by Crippen LogP contribution is 2.33. The summed E-state index contributed by atoms with van der Waals surface area (Å²) in [6.45, 7) is 2.25. The number of nitrogens with zero attached hydrogens (tertiary/aromatic N) is 1. The van der Waals surface area contributed by atoms with Crippen molar-refractivity contribution >= 4 is 23.2 Å². The predicted octanol–water partition coefficient (Wildman–Crippen LogP) is 3.54. The number of ketones is 1. The van der Waals surface area contributed by atoms with Gasteiger partial charge in [-0.3, -0.25) is 14.4 Å². The molecule has 7 nitrogen and oxygen atoms in total. The van der Waals surface area contributed by atoms with Crippen LogP contribution in [0.2, 0.25) is 0 Å². The number of carboxylic acid groups (broad SMARTS) is 1. The molecule has 1 amide bonds. The summed E-state index contributed by atoms with van der Waals surface area (Å²) in [6.07, 6.45) is 9.90. The zero-order valence-corrected chi connectivity index (χ0v) is 17.5. The summed E-state index contributed by atoms with van der Waals surface area (Å²) in [5.41, 5.74) is 8.30. The first-order chi connectivity index (χ1) is 14.4. The van der Waals surface area contributed by atoms with Crippen molar-refractivity contribution in [2.45, 2.75) is 64.7 Å². The van der Waals surface area contributed by atoms with Gasteiger partial charge in [-0.25, -0.2) is 0 Å². The monoisotopic (exact) mass is 414 g/mol. The lowest BCUT2D eigenvalue weighted by molar-refractivity contribution is -0.137. The molecule has 0 bridgehead atoms. The van der Waals surface area contributed by atoms with Crippen LogP contribution in [0.25, 0.3) is 5.52 Å². The number of Topliss-reactive ketones (excluding diaryl/α,β-unsaturated/α-hetero) is 1. The van der Waals surface area contributed by atoms with Crippen LogP contribution in [0.5, 0.6) is 5.75 Å². The quantitative estimate of drug-likeness (QED) is 0.351. The topological polar surface area (TPSA) is 111 Å². The summed E-state index contributed by atoms with van der Waals surface area (Å²) in [7, 11) is 0. The van der Waals surface area contributed by atoms with E-state index in [1.165, 1.54) is 32.1 Å². The van der Waals surface area contributed by atoms with Gasteiger partial charge in [-0.1, -0.05) is 39.0 Å². The van der Waals surface area contributed by atoms with Crippen LogP contribution >= 0.6 is 0 Å². The summed E-state index contributed by atoms with van der Waals surface area (Å²) >= 11 is 0. The van der Waals surface area contributed by atoms with E-state index in [2.05, 4.69) is 0 Å². The number of hydrogen-bond acceptors (Lipinski definition) is 4. The molecule has 162 valence electrons. The molecule has 3 N–H and O–H groups in total. The summed E-state index contributed by atoms with van der Waals surface area (Å²) in [6, 6.07) is 3.57. The zero-order valence-electron chi connectivity index (χ0n) is 17.5. The molecule has 30 heavy (non-hydrogen) atoms. The van der Waals surface area contributed by atoms with Crippen LogP contribution in [-0.2, 0) is 22.4 Å². The SMILES string of the molecule is CCc1c(C(=O)C(N)=O)c2cc(OCCCC(=O)O)ccn2c1CC1CCCCC1. The smallest absolute Gasteiger partial charge is 0.303 e. The second-order valence-corrected chi connectivity index (χ2v) is 8.02. The predicted molar refractivity (Wildman–Crippen MR) is 113 cm³/mol. The molecule has 0 unspecified atom stereocenters. The van der Waals surface area contributed by atoms with E-state index in [9.17, 15) is 14.4 Å². The van der Waals surface area contributed by atoms with Gasteiger partial charge in [-0.15, -0.1) is 0 Å². The van der Waals surface area contributed by atoms with E-state index < -0.39 is 17.7 Å². The number of carboxylic acids is 1. The van der Waals surface area contributed by atoms with Gasteiger partial charge in [0, 0.05) is 24.4 Å². The number of carbonyl (C=O) groups is 3. The molecule has 0 atom stereocenters. The molecule has 3 rings (SSSR count). The summed E-state index contributed by atoms with van der Waals surface area (Å²) in [5.74, 6) is -1.40. The van der Waals surface area contributed by atoms with Gasteiger partial charge in [0.2, 0.25) is 0 Å². The third-order valence-electron chi connectivity index (χ3n) is 5.94. The fourth-order valence-corrected chi connectivity index (χ4v) is 4.50. The van der Waals surface area contributed by atoms with Gasteiger partial charge in [0.05, 0.1) is 17.7 Å². The Morgan fingerprint density at radius 2 is 1.97 bits per heavy atom. The number of carbonyl (C=O) groups excluding carboxylic acids is 2. The number of aliphatic carboxylic acids is 1. The van der Waals surface area contributed by atoms with Crippen LogP contribution in [0.3, 0.4) is 0 Å². The van der Waals surface area contributed by atoms with E-state index >= 15 is 0 Å². The zero-order chi connectivity index (χ0) is 21.7. The summed E-state index contributed by atoms with van der Waals surface area (Å²) < 4.78 is 7.68. The molecule has 1 aliphatic rings. The number of nitrogens with two attached hydrogens (primary N) is 1. The van der Waals surface area contributed by atoms with Crippen molar-refractivity contribution < 1.29 is 24.2 Å². The first-order valence-electron chi connectivity index (χ1n) is 10.8. The Morgan fingerprint density at radius 3 is 2.60 bits per heavy atom. The van der Waals surface area contributed by atoms with E-state index in [0.29, 0.717) is 35.6 Å². The third-order valence-corrected chi connectivity index (χ3v) is 5.94. The van der Waals surface area contributed by atoms with Gasteiger partial charge in [-0.2, -0.15) is 0 Å². The molecule has 1 fully saturated rings. The third kappa shape index (κ3) is 4.83. The summed E-state index contributed by atoms with van der Waals surface area (Å²) in [5, 5.41) is 8.76. The second kappa shape index (κ2) is 9.78. The summed E-state index contributed by atoms with van der Waals surface area (Å²) in [4.78, 5) is 35.1. The number of rotatable bonds is 10. The average molecular weight is 415 g/mol. The number of amides is 1. The number of pyridine rings is 1. The maximum Gasteiger partial charge on any atom is 0.303 e. The minimum atomic E-state index is -0.964. The molecule has 0 radical (unpaired) electrons. The molecule has 0 saturated heterocycles. The Morgan fingerprint density at radius 1 is 1.23 bits per heavy atom.